The first-order chi connectivity index (χ1) is 20.2. The van der Waals surface area contributed by atoms with Gasteiger partial charge in [-0.25, -0.2) is 4.98 Å². The van der Waals surface area contributed by atoms with Gasteiger partial charge in [-0.15, -0.1) is 10.2 Å². The second-order valence-corrected chi connectivity index (χ2v) is 9.70. The number of fused-ring (bicyclic) bond motifs is 2. The van der Waals surface area contributed by atoms with Gasteiger partial charge in [0.05, 0.1) is 27.9 Å². The number of hydrogen-bond acceptors (Lipinski definition) is 11. The summed E-state index contributed by atoms with van der Waals surface area (Å²) >= 11 is 0. The van der Waals surface area contributed by atoms with E-state index in [2.05, 4.69) is 32.8 Å². The highest BCUT2D eigenvalue weighted by Crippen LogP contribution is 2.41. The van der Waals surface area contributed by atoms with Gasteiger partial charge in [0.15, 0.2) is 11.6 Å². The number of pyridine rings is 1. The number of nitrogens with zero attached hydrogens (tertiary/aromatic N) is 4. The molecule has 0 spiro atoms. The molecule has 0 bridgehead atoms. The number of aromatic nitrogens is 1. The van der Waals surface area contributed by atoms with E-state index in [0.717, 1.165) is 37.2 Å². The molecule has 11 heteroatoms. The SMILES string of the molecule is CCCCNc1ccc(Nc2nc(N)c(C#N)c(C)c2/N=N/c2cccc3c2C(=O)c2c(O)ccc(O)c2C3=O)cc1. The van der Waals surface area contributed by atoms with Gasteiger partial charge in [-0.3, -0.25) is 9.59 Å². The van der Waals surface area contributed by atoms with Gasteiger partial charge in [0.25, 0.3) is 0 Å². The number of nitrogens with one attached hydrogen (secondary N) is 2. The smallest absolute Gasteiger partial charge is 0.200 e. The van der Waals surface area contributed by atoms with E-state index in [1.807, 2.05) is 30.3 Å². The van der Waals surface area contributed by atoms with Crippen molar-refractivity contribution in [2.24, 2.45) is 10.2 Å². The number of azo groups is 1. The molecule has 0 radical (unpaired) electrons. The number of anilines is 4. The summed E-state index contributed by atoms with van der Waals surface area (Å²) in [6.07, 6.45) is 2.15. The summed E-state index contributed by atoms with van der Waals surface area (Å²) in [6, 6.07) is 16.4. The number of unbranched alkanes of at least 4 members (excludes halogenated alkanes) is 1. The van der Waals surface area contributed by atoms with E-state index < -0.39 is 23.1 Å². The van der Waals surface area contributed by atoms with Crippen LogP contribution in [0.2, 0.25) is 0 Å². The number of benzene rings is 3. The number of carbonyl (C=O) groups excluding carboxylic acids is 2. The fourth-order valence-electron chi connectivity index (χ4n) is 4.74. The first-order valence-electron chi connectivity index (χ1n) is 13.2. The van der Waals surface area contributed by atoms with Crippen LogP contribution in [0.25, 0.3) is 0 Å². The maximum Gasteiger partial charge on any atom is 0.200 e. The summed E-state index contributed by atoms with van der Waals surface area (Å²) in [5.41, 5.74) is 7.90. The molecule has 0 saturated carbocycles. The molecular formula is C31H27N7O4. The molecule has 1 aliphatic rings. The molecule has 6 N–H and O–H groups in total. The van der Waals surface area contributed by atoms with Gasteiger partial charge in [-0.05, 0) is 55.8 Å². The van der Waals surface area contributed by atoms with Crippen LogP contribution in [-0.2, 0) is 0 Å². The van der Waals surface area contributed by atoms with Crippen LogP contribution < -0.4 is 16.4 Å². The molecule has 1 aliphatic carbocycles. The van der Waals surface area contributed by atoms with E-state index >= 15 is 0 Å². The zero-order valence-corrected chi connectivity index (χ0v) is 22.9. The maximum absolute atomic E-state index is 13.5. The van der Waals surface area contributed by atoms with E-state index in [-0.39, 0.29) is 50.8 Å². The number of nitriles is 1. The highest BCUT2D eigenvalue weighted by molar-refractivity contribution is 6.31. The zero-order valence-electron chi connectivity index (χ0n) is 22.9. The van der Waals surface area contributed by atoms with Gasteiger partial charge in [0.1, 0.15) is 29.1 Å². The Balaban J connectivity index is 1.54. The number of phenols is 2. The lowest BCUT2D eigenvalue weighted by Gasteiger charge is -2.20. The predicted molar refractivity (Wildman–Crippen MR) is 158 cm³/mol. The largest absolute Gasteiger partial charge is 0.507 e. The molecule has 210 valence electrons. The lowest BCUT2D eigenvalue weighted by Crippen LogP contribution is -2.21. The van der Waals surface area contributed by atoms with Crippen molar-refractivity contribution in [3.05, 3.63) is 88.0 Å². The number of nitrogens with two attached hydrogens (primary N) is 1. The van der Waals surface area contributed by atoms with Crippen molar-refractivity contribution in [1.29, 1.82) is 5.26 Å². The maximum atomic E-state index is 13.5. The third-order valence-electron chi connectivity index (χ3n) is 6.95. The van der Waals surface area contributed by atoms with Crippen molar-refractivity contribution in [3.63, 3.8) is 0 Å². The van der Waals surface area contributed by atoms with Gasteiger partial charge in [-0.1, -0.05) is 25.5 Å². The average molecular weight is 562 g/mol. The molecule has 1 aromatic heterocycles. The number of ketones is 2. The number of rotatable bonds is 8. The molecule has 42 heavy (non-hydrogen) atoms. The lowest BCUT2D eigenvalue weighted by atomic mass is 9.82. The van der Waals surface area contributed by atoms with Crippen LogP contribution in [0.3, 0.4) is 0 Å². The Labute approximate surface area is 241 Å². The van der Waals surface area contributed by atoms with Gasteiger partial charge in [0, 0.05) is 29.0 Å². The summed E-state index contributed by atoms with van der Waals surface area (Å²) in [6.45, 7) is 4.65. The average Bonchev–Trinajstić information content (AvgIpc) is 2.98. The van der Waals surface area contributed by atoms with E-state index in [9.17, 15) is 25.1 Å². The van der Waals surface area contributed by atoms with E-state index in [1.165, 1.54) is 18.2 Å². The van der Waals surface area contributed by atoms with Gasteiger partial charge in [0.2, 0.25) is 5.78 Å². The van der Waals surface area contributed by atoms with E-state index in [4.69, 9.17) is 5.73 Å². The Morgan fingerprint density at radius 3 is 2.26 bits per heavy atom. The summed E-state index contributed by atoms with van der Waals surface area (Å²) in [4.78, 5) is 31.0. The Morgan fingerprint density at radius 2 is 1.60 bits per heavy atom. The van der Waals surface area contributed by atoms with Crippen LogP contribution in [0.1, 0.15) is 62.7 Å². The van der Waals surface area contributed by atoms with Crippen LogP contribution >= 0.6 is 0 Å². The fraction of sp³-hybridized carbons (Fsp3) is 0.161. The van der Waals surface area contributed by atoms with Crippen LogP contribution in [0.15, 0.2) is 64.8 Å². The minimum absolute atomic E-state index is 0.0130. The first kappa shape index (κ1) is 27.8. The van der Waals surface area contributed by atoms with Crippen LogP contribution in [0, 0.1) is 18.3 Å². The monoisotopic (exact) mass is 561 g/mol. The highest BCUT2D eigenvalue weighted by atomic mass is 16.3. The molecule has 0 amide bonds. The van der Waals surface area contributed by atoms with E-state index in [1.54, 1.807) is 6.92 Å². The first-order valence-corrected chi connectivity index (χ1v) is 13.2. The molecule has 1 heterocycles. The predicted octanol–water partition coefficient (Wildman–Crippen LogP) is 6.40. The number of nitrogen functional groups attached to an aromatic ring is 1. The highest BCUT2D eigenvalue weighted by Gasteiger charge is 2.36. The number of aromatic hydroxyl groups is 2. The molecular weight excluding hydrogens is 534 g/mol. The van der Waals surface area contributed by atoms with Crippen LogP contribution in [-0.4, -0.2) is 33.3 Å². The van der Waals surface area contributed by atoms with Gasteiger partial charge in [-0.2, -0.15) is 5.26 Å². The Bertz CT molecular complexity index is 1810. The van der Waals surface area contributed by atoms with Crippen molar-refractivity contribution < 1.29 is 19.8 Å². The van der Waals surface area contributed by atoms with Gasteiger partial charge >= 0.3 is 0 Å². The molecule has 3 aromatic carbocycles. The van der Waals surface area contributed by atoms with Crippen LogP contribution in [0.4, 0.5) is 34.4 Å². The molecule has 0 fully saturated rings. The number of phenolic OH excluding ortho intramolecular Hbond substituents is 2. The van der Waals surface area contributed by atoms with E-state index in [0.29, 0.717) is 11.3 Å². The van der Waals surface area contributed by atoms with Crippen LogP contribution in [0.5, 0.6) is 11.5 Å². The summed E-state index contributed by atoms with van der Waals surface area (Å²) < 4.78 is 0. The molecule has 0 saturated heterocycles. The topological polar surface area (TPSA) is 186 Å². The number of hydrogen-bond donors (Lipinski definition) is 5. The van der Waals surface area contributed by atoms with Crippen molar-refractivity contribution in [3.8, 4) is 17.6 Å². The third kappa shape index (κ3) is 4.97. The van der Waals surface area contributed by atoms with Crippen molar-refractivity contribution in [2.75, 3.05) is 22.9 Å². The van der Waals surface area contributed by atoms with Crippen molar-refractivity contribution in [1.82, 2.24) is 4.98 Å². The van der Waals surface area contributed by atoms with Gasteiger partial charge < -0.3 is 26.6 Å². The molecule has 0 atom stereocenters. The standard InChI is InChI=1S/C31H27N7O4/c1-3-4-14-34-17-8-10-18(11-9-17)35-31-27(16(2)20(15-32)30(33)36-31)38-37-21-7-5-6-19-24(21)29(42)26-23(40)13-12-22(39)25(26)28(19)41/h5-13,34,39-40H,3-4,14H2,1-2H3,(H3,33,35,36)/b38-37+. The Kier molecular flexibility index (Phi) is 7.53. The summed E-state index contributed by atoms with van der Waals surface area (Å²) in [7, 11) is 0. The molecule has 0 aliphatic heterocycles. The lowest BCUT2D eigenvalue weighted by molar-refractivity contribution is 0.0974. The molecule has 5 rings (SSSR count). The normalized spacial score (nSPS) is 12.1. The molecule has 11 nitrogen and oxygen atoms in total. The quantitative estimate of drug-likeness (QED) is 0.0811. The summed E-state index contributed by atoms with van der Waals surface area (Å²) in [5, 5.41) is 45.5. The minimum atomic E-state index is -0.682. The third-order valence-corrected chi connectivity index (χ3v) is 6.95. The fourth-order valence-corrected chi connectivity index (χ4v) is 4.74. The Morgan fingerprint density at radius 1 is 0.929 bits per heavy atom. The summed E-state index contributed by atoms with van der Waals surface area (Å²) in [5.74, 6) is -1.91. The molecule has 4 aromatic rings. The Hall–Kier alpha value is -5.76. The number of carbonyl (C=O) groups is 2. The van der Waals surface area contributed by atoms with Crippen molar-refractivity contribution >= 4 is 46.0 Å². The second-order valence-electron chi connectivity index (χ2n) is 9.70. The minimum Gasteiger partial charge on any atom is -0.507 e. The second kappa shape index (κ2) is 11.4. The zero-order chi connectivity index (χ0) is 30.0. The molecule has 0 unspecified atom stereocenters. The van der Waals surface area contributed by atoms with Crippen molar-refractivity contribution in [2.45, 2.75) is 26.7 Å².